The van der Waals surface area contributed by atoms with Crippen LogP contribution in [0.3, 0.4) is 0 Å². The number of amides is 3. The van der Waals surface area contributed by atoms with E-state index < -0.39 is 17.4 Å². The van der Waals surface area contributed by atoms with Gasteiger partial charge >= 0.3 is 0 Å². The number of aryl methyl sites for hydroxylation is 1. The first-order valence-corrected chi connectivity index (χ1v) is 11.6. The zero-order chi connectivity index (χ0) is 22.5. The molecule has 0 bridgehead atoms. The number of anilines is 2. The van der Waals surface area contributed by atoms with Crippen LogP contribution >= 0.6 is 0 Å². The average Bonchev–Trinajstić information content (AvgIpc) is 3.52. The molecule has 0 aromatic heterocycles. The minimum atomic E-state index is -1.13. The van der Waals surface area contributed by atoms with Crippen molar-refractivity contribution in [1.29, 1.82) is 0 Å². The summed E-state index contributed by atoms with van der Waals surface area (Å²) in [6, 6.07) is 19.3. The molecule has 3 saturated heterocycles. The number of benzene rings is 3. The number of nitrogens with one attached hydrogen (secondary N) is 1. The van der Waals surface area contributed by atoms with Crippen LogP contribution in [0.2, 0.25) is 0 Å². The predicted molar refractivity (Wildman–Crippen MR) is 125 cm³/mol. The van der Waals surface area contributed by atoms with E-state index in [2.05, 4.69) is 10.2 Å². The number of carbonyl (C=O) groups is 3. The van der Waals surface area contributed by atoms with Crippen LogP contribution in [0.1, 0.15) is 24.0 Å². The van der Waals surface area contributed by atoms with E-state index in [0.717, 1.165) is 40.4 Å². The maximum absolute atomic E-state index is 14.2. The molecule has 0 radical (unpaired) electrons. The molecule has 4 aliphatic rings. The van der Waals surface area contributed by atoms with Crippen molar-refractivity contribution in [2.75, 3.05) is 16.8 Å². The topological polar surface area (TPSA) is 69.7 Å². The molecule has 0 saturated carbocycles. The van der Waals surface area contributed by atoms with Crippen LogP contribution in [0.4, 0.5) is 11.4 Å². The molecule has 3 aromatic rings. The molecule has 1 N–H and O–H groups in total. The molecule has 4 heterocycles. The minimum absolute atomic E-state index is 0.108. The van der Waals surface area contributed by atoms with E-state index in [4.69, 9.17) is 0 Å². The van der Waals surface area contributed by atoms with Gasteiger partial charge in [0.25, 0.3) is 0 Å². The van der Waals surface area contributed by atoms with Gasteiger partial charge < -0.3 is 5.32 Å². The highest BCUT2D eigenvalue weighted by Crippen LogP contribution is 2.61. The Hall–Kier alpha value is -3.51. The van der Waals surface area contributed by atoms with Gasteiger partial charge in [-0.3, -0.25) is 19.3 Å². The van der Waals surface area contributed by atoms with Gasteiger partial charge in [-0.15, -0.1) is 0 Å². The first-order valence-electron chi connectivity index (χ1n) is 11.6. The lowest BCUT2D eigenvalue weighted by Crippen LogP contribution is -2.54. The standard InChI is InChI=1S/C27H23N3O3/c1-15-11-12-19-18(14-15)27(26(33)28-19)23-22(21-10-5-13-29(21)27)24(31)30(25(23)32)20-9-4-7-16-6-2-3-8-17(16)20/h2-4,6-9,11-12,14,21-23H,5,10,13H2,1H3,(H,28,33)/t21-,22-,23+,27+/m1/s1. The first-order chi connectivity index (χ1) is 16.0. The van der Waals surface area contributed by atoms with Crippen molar-refractivity contribution >= 4 is 39.9 Å². The van der Waals surface area contributed by atoms with Gasteiger partial charge in [-0.2, -0.15) is 0 Å². The minimum Gasteiger partial charge on any atom is -0.324 e. The summed E-state index contributed by atoms with van der Waals surface area (Å²) in [5.41, 5.74) is 2.11. The summed E-state index contributed by atoms with van der Waals surface area (Å²) in [5.74, 6) is -1.86. The molecular weight excluding hydrogens is 414 g/mol. The molecule has 6 nitrogen and oxygen atoms in total. The summed E-state index contributed by atoms with van der Waals surface area (Å²) in [5, 5.41) is 4.88. The quantitative estimate of drug-likeness (QED) is 0.591. The number of hydrogen-bond donors (Lipinski definition) is 1. The molecule has 3 fully saturated rings. The van der Waals surface area contributed by atoms with Gasteiger partial charge in [0.15, 0.2) is 0 Å². The zero-order valence-corrected chi connectivity index (χ0v) is 18.2. The molecule has 3 amide bonds. The van der Waals surface area contributed by atoms with Crippen LogP contribution in [-0.2, 0) is 19.9 Å². The third-order valence-corrected chi connectivity index (χ3v) is 8.16. The van der Waals surface area contributed by atoms with E-state index in [0.29, 0.717) is 12.2 Å². The maximum atomic E-state index is 14.2. The Morgan fingerprint density at radius 2 is 1.79 bits per heavy atom. The Balaban J connectivity index is 1.46. The molecule has 33 heavy (non-hydrogen) atoms. The average molecular weight is 437 g/mol. The third-order valence-electron chi connectivity index (χ3n) is 8.16. The van der Waals surface area contributed by atoms with Crippen molar-refractivity contribution in [3.8, 4) is 0 Å². The molecule has 4 aliphatic heterocycles. The number of imide groups is 1. The molecule has 7 rings (SSSR count). The molecule has 1 spiro atoms. The van der Waals surface area contributed by atoms with E-state index in [1.165, 1.54) is 4.90 Å². The fraction of sp³-hybridized carbons (Fsp3) is 0.296. The lowest BCUT2D eigenvalue weighted by atomic mass is 9.75. The van der Waals surface area contributed by atoms with E-state index in [1.54, 1.807) is 0 Å². The van der Waals surface area contributed by atoms with Crippen molar-refractivity contribution in [3.63, 3.8) is 0 Å². The molecule has 6 heteroatoms. The number of carbonyl (C=O) groups excluding carboxylic acids is 3. The number of fused-ring (bicyclic) bond motifs is 8. The van der Waals surface area contributed by atoms with Crippen molar-refractivity contribution in [1.82, 2.24) is 4.90 Å². The summed E-state index contributed by atoms with van der Waals surface area (Å²) in [6.45, 7) is 2.71. The first kappa shape index (κ1) is 19.0. The number of hydrogen-bond acceptors (Lipinski definition) is 4. The van der Waals surface area contributed by atoms with Crippen LogP contribution in [0, 0.1) is 18.8 Å². The highest BCUT2D eigenvalue weighted by atomic mass is 16.2. The Labute approximate surface area is 191 Å². The number of rotatable bonds is 1. The molecule has 3 aromatic carbocycles. The van der Waals surface area contributed by atoms with Gasteiger partial charge in [0.1, 0.15) is 5.54 Å². The van der Waals surface area contributed by atoms with Gasteiger partial charge in [0.05, 0.1) is 17.5 Å². The Kier molecular flexibility index (Phi) is 3.62. The molecule has 0 aliphatic carbocycles. The van der Waals surface area contributed by atoms with Crippen LogP contribution in [0.25, 0.3) is 10.8 Å². The highest BCUT2D eigenvalue weighted by molar-refractivity contribution is 6.28. The molecular formula is C27H23N3O3. The summed E-state index contributed by atoms with van der Waals surface area (Å²) in [4.78, 5) is 45.4. The molecule has 4 atom stereocenters. The van der Waals surface area contributed by atoms with E-state index in [1.807, 2.05) is 67.6 Å². The van der Waals surface area contributed by atoms with Gasteiger partial charge in [-0.05, 0) is 43.8 Å². The molecule has 0 unspecified atom stereocenters. The monoisotopic (exact) mass is 437 g/mol. The van der Waals surface area contributed by atoms with Crippen LogP contribution < -0.4 is 10.2 Å². The van der Waals surface area contributed by atoms with Crippen molar-refractivity contribution in [3.05, 3.63) is 71.8 Å². The largest absolute Gasteiger partial charge is 0.324 e. The Bertz CT molecular complexity index is 1390. The summed E-state index contributed by atoms with van der Waals surface area (Å²) < 4.78 is 0. The van der Waals surface area contributed by atoms with Crippen LogP contribution in [-0.4, -0.2) is 35.2 Å². The summed E-state index contributed by atoms with van der Waals surface area (Å²) in [6.07, 6.45) is 1.74. The van der Waals surface area contributed by atoms with E-state index in [-0.39, 0.29) is 23.8 Å². The second-order valence-corrected chi connectivity index (χ2v) is 9.69. The fourth-order valence-corrected chi connectivity index (χ4v) is 6.96. The second-order valence-electron chi connectivity index (χ2n) is 9.69. The zero-order valence-electron chi connectivity index (χ0n) is 18.2. The third kappa shape index (κ3) is 2.15. The Morgan fingerprint density at radius 1 is 0.970 bits per heavy atom. The summed E-state index contributed by atoms with van der Waals surface area (Å²) >= 11 is 0. The van der Waals surface area contributed by atoms with Crippen molar-refractivity contribution < 1.29 is 14.4 Å². The second kappa shape index (κ2) is 6.29. The van der Waals surface area contributed by atoms with E-state index >= 15 is 0 Å². The van der Waals surface area contributed by atoms with E-state index in [9.17, 15) is 14.4 Å². The lowest BCUT2D eigenvalue weighted by Gasteiger charge is -2.36. The van der Waals surface area contributed by atoms with Gasteiger partial charge in [-0.25, -0.2) is 4.90 Å². The van der Waals surface area contributed by atoms with Crippen LogP contribution in [0.15, 0.2) is 60.7 Å². The number of nitrogens with zero attached hydrogens (tertiary/aromatic N) is 2. The Morgan fingerprint density at radius 3 is 2.67 bits per heavy atom. The molecule has 164 valence electrons. The fourth-order valence-electron chi connectivity index (χ4n) is 6.96. The summed E-state index contributed by atoms with van der Waals surface area (Å²) in [7, 11) is 0. The van der Waals surface area contributed by atoms with Gasteiger partial charge in [0, 0.05) is 22.7 Å². The van der Waals surface area contributed by atoms with Gasteiger partial charge in [0.2, 0.25) is 17.7 Å². The SMILES string of the molecule is Cc1ccc2c(c1)[C@@]1(C(=O)N2)[C@@H]2C(=O)N(c3cccc4ccccc34)C(=O)[C@@H]2[C@H]2CCCN21. The predicted octanol–water partition coefficient (Wildman–Crippen LogP) is 3.58. The lowest BCUT2D eigenvalue weighted by molar-refractivity contribution is -0.135. The van der Waals surface area contributed by atoms with Crippen molar-refractivity contribution in [2.24, 2.45) is 11.8 Å². The smallest absolute Gasteiger partial charge is 0.250 e. The maximum Gasteiger partial charge on any atom is 0.250 e. The normalized spacial score (nSPS) is 30.3. The highest BCUT2D eigenvalue weighted by Gasteiger charge is 2.74. The van der Waals surface area contributed by atoms with Gasteiger partial charge in [-0.1, -0.05) is 54.1 Å². The van der Waals surface area contributed by atoms with Crippen LogP contribution in [0.5, 0.6) is 0 Å². The van der Waals surface area contributed by atoms with Crippen molar-refractivity contribution in [2.45, 2.75) is 31.3 Å².